The predicted molar refractivity (Wildman–Crippen MR) is 99.2 cm³/mol. The van der Waals surface area contributed by atoms with E-state index < -0.39 is 32.9 Å². The van der Waals surface area contributed by atoms with E-state index in [0.29, 0.717) is 0 Å². The number of nitrogens with two attached hydrogens (primary N) is 1. The number of hydrogen-bond donors (Lipinski definition) is 2. The quantitative estimate of drug-likeness (QED) is 0.419. The van der Waals surface area contributed by atoms with Crippen LogP contribution in [-0.2, 0) is 19.6 Å². The summed E-state index contributed by atoms with van der Waals surface area (Å²) in [6, 6.07) is 8.98. The van der Waals surface area contributed by atoms with Crippen molar-refractivity contribution in [1.82, 2.24) is 0 Å². The highest BCUT2D eigenvalue weighted by molar-refractivity contribution is 7.89. The van der Waals surface area contributed by atoms with Crippen molar-refractivity contribution in [3.8, 4) is 0 Å². The first-order valence-electron chi connectivity index (χ1n) is 7.89. The van der Waals surface area contributed by atoms with Crippen LogP contribution in [0.25, 0.3) is 0 Å². The van der Waals surface area contributed by atoms with Gasteiger partial charge < -0.3 is 10.1 Å². The first-order chi connectivity index (χ1) is 13.0. The van der Waals surface area contributed by atoms with Crippen molar-refractivity contribution in [2.24, 2.45) is 5.14 Å². The van der Waals surface area contributed by atoms with Crippen molar-refractivity contribution in [2.45, 2.75) is 24.8 Å². The van der Waals surface area contributed by atoms with Gasteiger partial charge in [-0.25, -0.2) is 18.4 Å². The van der Waals surface area contributed by atoms with Gasteiger partial charge in [-0.15, -0.1) is 0 Å². The molecule has 28 heavy (non-hydrogen) atoms. The molecule has 0 fully saturated rings. The number of amides is 1. The van der Waals surface area contributed by atoms with Gasteiger partial charge in [-0.3, -0.25) is 14.9 Å². The summed E-state index contributed by atoms with van der Waals surface area (Å²) >= 11 is 0. The normalized spacial score (nSPS) is 12.1. The summed E-state index contributed by atoms with van der Waals surface area (Å²) in [5.41, 5.74) is 0.345. The first-order valence-corrected chi connectivity index (χ1v) is 9.43. The van der Waals surface area contributed by atoms with Gasteiger partial charge in [-0.05, 0) is 44.2 Å². The average molecular weight is 407 g/mol. The van der Waals surface area contributed by atoms with Crippen LogP contribution in [0, 0.1) is 17.0 Å². The van der Waals surface area contributed by atoms with Gasteiger partial charge in [0.1, 0.15) is 0 Å². The van der Waals surface area contributed by atoms with Crippen LogP contribution in [0.3, 0.4) is 0 Å². The van der Waals surface area contributed by atoms with Gasteiger partial charge >= 0.3 is 5.97 Å². The molecule has 0 saturated heterocycles. The fraction of sp³-hybridized carbons (Fsp3) is 0.176. The molecule has 0 bridgehead atoms. The zero-order chi connectivity index (χ0) is 21.1. The highest BCUT2D eigenvalue weighted by Gasteiger charge is 2.21. The lowest BCUT2D eigenvalue weighted by Gasteiger charge is -2.14. The Kier molecular flexibility index (Phi) is 6.11. The molecular formula is C17H17N3O7S. The van der Waals surface area contributed by atoms with Crippen LogP contribution < -0.4 is 10.5 Å². The van der Waals surface area contributed by atoms with E-state index in [0.717, 1.165) is 0 Å². The number of hydrogen-bond acceptors (Lipinski definition) is 7. The van der Waals surface area contributed by atoms with Gasteiger partial charge in [-0.2, -0.15) is 0 Å². The Morgan fingerprint density at radius 2 is 1.89 bits per heavy atom. The fourth-order valence-corrected chi connectivity index (χ4v) is 2.82. The number of nitro groups is 1. The molecule has 2 rings (SSSR count). The van der Waals surface area contributed by atoms with Gasteiger partial charge in [0, 0.05) is 17.3 Å². The zero-order valence-corrected chi connectivity index (χ0v) is 15.7. The van der Waals surface area contributed by atoms with Crippen LogP contribution in [-0.4, -0.2) is 31.3 Å². The van der Waals surface area contributed by atoms with Gasteiger partial charge in [0.15, 0.2) is 6.10 Å². The Bertz CT molecular complexity index is 1050. The van der Waals surface area contributed by atoms with E-state index in [1.165, 1.54) is 56.3 Å². The van der Waals surface area contributed by atoms with E-state index in [1.807, 2.05) is 0 Å². The third-order valence-corrected chi connectivity index (χ3v) is 4.62. The number of ether oxygens (including phenoxy) is 1. The summed E-state index contributed by atoms with van der Waals surface area (Å²) in [4.78, 5) is 34.4. The number of esters is 1. The second-order valence-electron chi connectivity index (χ2n) is 5.87. The van der Waals surface area contributed by atoms with Crippen molar-refractivity contribution in [2.75, 3.05) is 5.32 Å². The number of benzene rings is 2. The lowest BCUT2D eigenvalue weighted by Crippen LogP contribution is -2.30. The van der Waals surface area contributed by atoms with Gasteiger partial charge in [0.25, 0.3) is 11.6 Å². The number of primary sulfonamides is 1. The summed E-state index contributed by atoms with van der Waals surface area (Å²) in [7, 11) is -3.93. The molecule has 2 aromatic carbocycles. The lowest BCUT2D eigenvalue weighted by molar-refractivity contribution is -0.385. The molecule has 0 heterocycles. The Morgan fingerprint density at radius 3 is 2.46 bits per heavy atom. The second kappa shape index (κ2) is 8.15. The van der Waals surface area contributed by atoms with Crippen molar-refractivity contribution < 1.29 is 27.7 Å². The average Bonchev–Trinajstić information content (AvgIpc) is 2.60. The van der Waals surface area contributed by atoms with E-state index in [1.54, 1.807) is 0 Å². The smallest absolute Gasteiger partial charge is 0.338 e. The molecule has 0 saturated carbocycles. The molecule has 1 amide bonds. The maximum atomic E-state index is 12.2. The topological polar surface area (TPSA) is 159 Å². The highest BCUT2D eigenvalue weighted by atomic mass is 32.2. The monoisotopic (exact) mass is 407 g/mol. The molecule has 10 nitrogen and oxygen atoms in total. The molecule has 0 aromatic heterocycles. The minimum absolute atomic E-state index is 0.0546. The molecule has 0 aliphatic rings. The van der Waals surface area contributed by atoms with Crippen LogP contribution in [0.1, 0.15) is 22.8 Å². The minimum atomic E-state index is -3.93. The van der Waals surface area contributed by atoms with Gasteiger partial charge in [0.05, 0.1) is 15.4 Å². The van der Waals surface area contributed by atoms with E-state index >= 15 is 0 Å². The van der Waals surface area contributed by atoms with Gasteiger partial charge in [0.2, 0.25) is 10.0 Å². The maximum Gasteiger partial charge on any atom is 0.338 e. The number of anilines is 1. The van der Waals surface area contributed by atoms with Crippen LogP contribution in [0.2, 0.25) is 0 Å². The SMILES string of the molecule is Cc1cc(C(=O)OC(C)C(=O)Nc2cccc(S(N)(=O)=O)c2)ccc1[N+](=O)[O-]. The highest BCUT2D eigenvalue weighted by Crippen LogP contribution is 2.20. The Labute approximate surface area is 160 Å². The van der Waals surface area contributed by atoms with Crippen LogP contribution in [0.5, 0.6) is 0 Å². The summed E-state index contributed by atoms with van der Waals surface area (Å²) < 4.78 is 27.8. The number of nitrogens with one attached hydrogen (secondary N) is 1. The number of nitro benzene ring substituents is 1. The van der Waals surface area contributed by atoms with Crippen molar-refractivity contribution >= 4 is 33.3 Å². The summed E-state index contributed by atoms with van der Waals surface area (Å²) in [5.74, 6) is -1.53. The summed E-state index contributed by atoms with van der Waals surface area (Å²) in [5, 5.41) is 18.3. The van der Waals surface area contributed by atoms with Crippen LogP contribution in [0.15, 0.2) is 47.4 Å². The number of carbonyl (C=O) groups excluding carboxylic acids is 2. The molecule has 0 spiro atoms. The van der Waals surface area contributed by atoms with Crippen molar-refractivity contribution in [3.63, 3.8) is 0 Å². The third-order valence-electron chi connectivity index (χ3n) is 3.71. The van der Waals surface area contributed by atoms with E-state index in [2.05, 4.69) is 5.32 Å². The van der Waals surface area contributed by atoms with Crippen molar-refractivity contribution in [3.05, 3.63) is 63.7 Å². The number of sulfonamides is 1. The number of aryl methyl sites for hydroxylation is 1. The van der Waals surface area contributed by atoms with Gasteiger partial charge in [-0.1, -0.05) is 6.07 Å². The van der Waals surface area contributed by atoms with E-state index in [-0.39, 0.29) is 27.4 Å². The zero-order valence-electron chi connectivity index (χ0n) is 14.9. The predicted octanol–water partition coefficient (Wildman–Crippen LogP) is 1.73. The summed E-state index contributed by atoms with van der Waals surface area (Å²) in [6.45, 7) is 2.80. The molecule has 3 N–H and O–H groups in total. The minimum Gasteiger partial charge on any atom is -0.449 e. The summed E-state index contributed by atoms with van der Waals surface area (Å²) in [6.07, 6.45) is -1.21. The Balaban J connectivity index is 2.07. The molecule has 0 radical (unpaired) electrons. The third kappa shape index (κ3) is 5.11. The number of rotatable bonds is 6. The fourth-order valence-electron chi connectivity index (χ4n) is 2.26. The van der Waals surface area contributed by atoms with E-state index in [4.69, 9.17) is 9.88 Å². The van der Waals surface area contributed by atoms with Crippen LogP contribution in [0.4, 0.5) is 11.4 Å². The van der Waals surface area contributed by atoms with E-state index in [9.17, 15) is 28.1 Å². The standard InChI is InChI=1S/C17H17N3O7S/c1-10-8-12(6-7-15(10)20(23)24)17(22)27-11(2)16(21)19-13-4-3-5-14(9-13)28(18,25)26/h3-9,11H,1-2H3,(H,19,21)(H2,18,25,26). The Morgan fingerprint density at radius 1 is 1.21 bits per heavy atom. The molecule has 148 valence electrons. The molecule has 11 heteroatoms. The number of nitrogens with zero attached hydrogens (tertiary/aromatic N) is 1. The lowest BCUT2D eigenvalue weighted by atomic mass is 10.1. The molecule has 0 aliphatic carbocycles. The Hall–Kier alpha value is -3.31. The molecule has 1 atom stereocenters. The number of carbonyl (C=O) groups is 2. The molecule has 2 aromatic rings. The largest absolute Gasteiger partial charge is 0.449 e. The first kappa shape index (κ1) is 21.0. The van der Waals surface area contributed by atoms with Crippen molar-refractivity contribution in [1.29, 1.82) is 0 Å². The molecule has 0 aliphatic heterocycles. The van der Waals surface area contributed by atoms with Crippen LogP contribution >= 0.6 is 0 Å². The second-order valence-corrected chi connectivity index (χ2v) is 7.43. The molecular weight excluding hydrogens is 390 g/mol. The maximum absolute atomic E-state index is 12.2. The molecule has 1 unspecified atom stereocenters.